The summed E-state index contributed by atoms with van der Waals surface area (Å²) >= 11 is 0. The predicted octanol–water partition coefficient (Wildman–Crippen LogP) is 1.14. The highest BCUT2D eigenvalue weighted by Crippen LogP contribution is 2.28. The van der Waals surface area contributed by atoms with Gasteiger partial charge in [0.2, 0.25) is 0 Å². The van der Waals surface area contributed by atoms with Gasteiger partial charge in [-0.15, -0.1) is 0 Å². The Kier molecular flexibility index (Phi) is 4.49. The van der Waals surface area contributed by atoms with Crippen molar-refractivity contribution in [2.45, 2.75) is 26.4 Å². The molecule has 0 aromatic carbocycles. The Balaban J connectivity index is 1.85. The quantitative estimate of drug-likeness (QED) is 0.736. The molecule has 0 atom stereocenters. The SMILES string of the molecule is Cc1ncc(CO)c(N(C)CCOCC2CC2)n1. The van der Waals surface area contributed by atoms with E-state index in [1.54, 1.807) is 6.20 Å². The van der Waals surface area contributed by atoms with Crippen LogP contribution in [0.25, 0.3) is 0 Å². The summed E-state index contributed by atoms with van der Waals surface area (Å²) in [5, 5.41) is 9.27. The molecule has 1 N–H and O–H groups in total. The molecule has 0 unspecified atom stereocenters. The van der Waals surface area contributed by atoms with Gasteiger partial charge in [-0.3, -0.25) is 0 Å². The number of likely N-dealkylation sites (N-methyl/N-ethyl adjacent to an activating group) is 1. The minimum Gasteiger partial charge on any atom is -0.391 e. The smallest absolute Gasteiger partial charge is 0.137 e. The summed E-state index contributed by atoms with van der Waals surface area (Å²) in [6.07, 6.45) is 4.31. The molecular formula is C13H21N3O2. The van der Waals surface area contributed by atoms with Crippen LogP contribution in [0, 0.1) is 12.8 Å². The lowest BCUT2D eigenvalue weighted by molar-refractivity contribution is 0.130. The first-order valence-electron chi connectivity index (χ1n) is 6.43. The van der Waals surface area contributed by atoms with E-state index >= 15 is 0 Å². The predicted molar refractivity (Wildman–Crippen MR) is 69.5 cm³/mol. The second kappa shape index (κ2) is 6.11. The molecule has 5 nitrogen and oxygen atoms in total. The van der Waals surface area contributed by atoms with Gasteiger partial charge in [-0.25, -0.2) is 9.97 Å². The number of aliphatic hydroxyl groups is 1. The maximum atomic E-state index is 9.27. The van der Waals surface area contributed by atoms with Gasteiger partial charge in [0.05, 0.1) is 13.2 Å². The maximum Gasteiger partial charge on any atom is 0.137 e. The summed E-state index contributed by atoms with van der Waals surface area (Å²) in [6, 6.07) is 0. The Morgan fingerprint density at radius 1 is 1.50 bits per heavy atom. The lowest BCUT2D eigenvalue weighted by Gasteiger charge is -2.20. The summed E-state index contributed by atoms with van der Waals surface area (Å²) in [6.45, 7) is 4.16. The molecule has 1 aromatic heterocycles. The van der Waals surface area contributed by atoms with Crippen molar-refractivity contribution >= 4 is 5.82 Å². The van der Waals surface area contributed by atoms with E-state index in [1.807, 2.05) is 18.9 Å². The van der Waals surface area contributed by atoms with E-state index < -0.39 is 0 Å². The number of anilines is 1. The van der Waals surface area contributed by atoms with Crippen LogP contribution in [0.1, 0.15) is 24.2 Å². The van der Waals surface area contributed by atoms with Gasteiger partial charge in [0, 0.05) is 32.0 Å². The monoisotopic (exact) mass is 251 g/mol. The van der Waals surface area contributed by atoms with Gasteiger partial charge < -0.3 is 14.7 Å². The fourth-order valence-corrected chi connectivity index (χ4v) is 1.77. The zero-order valence-corrected chi connectivity index (χ0v) is 11.1. The number of hydrogen-bond acceptors (Lipinski definition) is 5. The summed E-state index contributed by atoms with van der Waals surface area (Å²) in [7, 11) is 1.96. The van der Waals surface area contributed by atoms with E-state index in [2.05, 4.69) is 9.97 Å². The molecule has 0 bridgehead atoms. The molecule has 0 amide bonds. The Hall–Kier alpha value is -1.20. The molecule has 1 heterocycles. The average Bonchev–Trinajstić information content (AvgIpc) is 3.18. The highest BCUT2D eigenvalue weighted by Gasteiger charge is 2.21. The molecule has 0 saturated heterocycles. The van der Waals surface area contributed by atoms with Crippen molar-refractivity contribution < 1.29 is 9.84 Å². The molecule has 1 fully saturated rings. The molecular weight excluding hydrogens is 230 g/mol. The molecule has 5 heteroatoms. The summed E-state index contributed by atoms with van der Waals surface area (Å²) < 4.78 is 5.61. The van der Waals surface area contributed by atoms with Crippen LogP contribution in [-0.4, -0.2) is 41.9 Å². The second-order valence-electron chi connectivity index (χ2n) is 4.86. The molecule has 1 aromatic rings. The van der Waals surface area contributed by atoms with E-state index in [-0.39, 0.29) is 6.61 Å². The first-order valence-corrected chi connectivity index (χ1v) is 6.43. The molecule has 1 aliphatic rings. The van der Waals surface area contributed by atoms with Crippen LogP contribution >= 0.6 is 0 Å². The van der Waals surface area contributed by atoms with Gasteiger partial charge in [0.15, 0.2) is 0 Å². The number of aromatic nitrogens is 2. The number of nitrogens with zero attached hydrogens (tertiary/aromatic N) is 3. The number of ether oxygens (including phenoxy) is 1. The molecule has 1 saturated carbocycles. The Morgan fingerprint density at radius 3 is 2.94 bits per heavy atom. The Labute approximate surface area is 108 Å². The number of aryl methyl sites for hydroxylation is 1. The third-order valence-electron chi connectivity index (χ3n) is 3.12. The van der Waals surface area contributed by atoms with Crippen molar-refractivity contribution in [3.8, 4) is 0 Å². The van der Waals surface area contributed by atoms with E-state index in [9.17, 15) is 5.11 Å². The topological polar surface area (TPSA) is 58.5 Å². The fourth-order valence-electron chi connectivity index (χ4n) is 1.77. The molecule has 18 heavy (non-hydrogen) atoms. The summed E-state index contributed by atoms with van der Waals surface area (Å²) in [5.74, 6) is 2.30. The summed E-state index contributed by atoms with van der Waals surface area (Å²) in [5.41, 5.74) is 0.755. The van der Waals surface area contributed by atoms with Crippen molar-refractivity contribution in [2.24, 2.45) is 5.92 Å². The zero-order valence-electron chi connectivity index (χ0n) is 11.1. The van der Waals surface area contributed by atoms with Crippen molar-refractivity contribution in [1.82, 2.24) is 9.97 Å². The molecule has 1 aliphatic carbocycles. The second-order valence-corrected chi connectivity index (χ2v) is 4.86. The molecule has 0 aliphatic heterocycles. The molecule has 2 rings (SSSR count). The van der Waals surface area contributed by atoms with E-state index in [0.717, 1.165) is 30.5 Å². The van der Waals surface area contributed by atoms with Crippen LogP contribution in [0.15, 0.2) is 6.20 Å². The zero-order chi connectivity index (χ0) is 13.0. The third kappa shape index (κ3) is 3.65. The molecule has 0 radical (unpaired) electrons. The Bertz CT molecular complexity index is 394. The van der Waals surface area contributed by atoms with E-state index in [1.165, 1.54) is 12.8 Å². The lowest BCUT2D eigenvalue weighted by Crippen LogP contribution is -2.25. The highest BCUT2D eigenvalue weighted by molar-refractivity contribution is 5.44. The average molecular weight is 251 g/mol. The maximum absolute atomic E-state index is 9.27. The van der Waals surface area contributed by atoms with Crippen molar-refractivity contribution in [2.75, 3.05) is 31.7 Å². The van der Waals surface area contributed by atoms with Crippen LogP contribution in [-0.2, 0) is 11.3 Å². The largest absolute Gasteiger partial charge is 0.391 e. The lowest BCUT2D eigenvalue weighted by atomic mass is 10.3. The van der Waals surface area contributed by atoms with Gasteiger partial charge in [-0.05, 0) is 25.7 Å². The van der Waals surface area contributed by atoms with Crippen molar-refractivity contribution in [3.63, 3.8) is 0 Å². The summed E-state index contributed by atoms with van der Waals surface area (Å²) in [4.78, 5) is 10.5. The number of rotatable bonds is 7. The van der Waals surface area contributed by atoms with Crippen molar-refractivity contribution in [3.05, 3.63) is 17.6 Å². The van der Waals surface area contributed by atoms with Gasteiger partial charge in [-0.2, -0.15) is 0 Å². The van der Waals surface area contributed by atoms with Crippen LogP contribution in [0.5, 0.6) is 0 Å². The van der Waals surface area contributed by atoms with Crippen molar-refractivity contribution in [1.29, 1.82) is 0 Å². The van der Waals surface area contributed by atoms with Crippen LogP contribution in [0.3, 0.4) is 0 Å². The van der Waals surface area contributed by atoms with Gasteiger partial charge in [-0.1, -0.05) is 0 Å². The normalized spacial score (nSPS) is 14.8. The van der Waals surface area contributed by atoms with Crippen LogP contribution in [0.4, 0.5) is 5.82 Å². The van der Waals surface area contributed by atoms with Gasteiger partial charge >= 0.3 is 0 Å². The standard InChI is InChI=1S/C13H21N3O2/c1-10-14-7-12(8-17)13(15-10)16(2)5-6-18-9-11-3-4-11/h7,11,17H,3-6,8-9H2,1-2H3. The first kappa shape index (κ1) is 13.2. The first-order chi connectivity index (χ1) is 8.70. The van der Waals surface area contributed by atoms with E-state index in [0.29, 0.717) is 12.4 Å². The Morgan fingerprint density at radius 2 is 2.28 bits per heavy atom. The van der Waals surface area contributed by atoms with Gasteiger partial charge in [0.25, 0.3) is 0 Å². The number of aliphatic hydroxyl groups excluding tert-OH is 1. The number of hydrogen-bond donors (Lipinski definition) is 1. The van der Waals surface area contributed by atoms with Crippen LogP contribution < -0.4 is 4.90 Å². The van der Waals surface area contributed by atoms with Gasteiger partial charge in [0.1, 0.15) is 11.6 Å². The fraction of sp³-hybridized carbons (Fsp3) is 0.692. The third-order valence-corrected chi connectivity index (χ3v) is 3.12. The minimum atomic E-state index is -0.0388. The van der Waals surface area contributed by atoms with Crippen LogP contribution in [0.2, 0.25) is 0 Å². The molecule has 0 spiro atoms. The molecule has 100 valence electrons. The highest BCUT2D eigenvalue weighted by atomic mass is 16.5. The minimum absolute atomic E-state index is 0.0388. The van der Waals surface area contributed by atoms with E-state index in [4.69, 9.17) is 4.74 Å².